The van der Waals surface area contributed by atoms with Crippen molar-refractivity contribution < 1.29 is 19.0 Å². The number of ether oxygens (including phenoxy) is 3. The summed E-state index contributed by atoms with van der Waals surface area (Å²) < 4.78 is 15.9. The lowest BCUT2D eigenvalue weighted by Crippen LogP contribution is -2.32. The molecule has 0 aromatic heterocycles. The molecule has 138 valence electrons. The number of hydrogen-bond donors (Lipinski definition) is 0. The summed E-state index contributed by atoms with van der Waals surface area (Å²) in [6.45, 7) is 2.36. The van der Waals surface area contributed by atoms with Crippen LogP contribution in [-0.4, -0.2) is 58.1 Å². The normalized spacial score (nSPS) is 12.5. The van der Waals surface area contributed by atoms with Crippen molar-refractivity contribution in [3.05, 3.63) is 59.7 Å². The fourth-order valence-corrected chi connectivity index (χ4v) is 3.24. The highest BCUT2D eigenvalue weighted by molar-refractivity contribution is 5.79. The predicted octanol–water partition coefficient (Wildman–Crippen LogP) is 3.53. The van der Waals surface area contributed by atoms with E-state index in [0.717, 1.165) is 0 Å². The molecule has 0 fully saturated rings. The molecular formula is C21H25NO4. The van der Waals surface area contributed by atoms with Crippen LogP contribution in [0.5, 0.6) is 0 Å². The minimum atomic E-state index is -0.331. The number of hydrogen-bond acceptors (Lipinski definition) is 4. The number of fused-ring (bicyclic) bond motifs is 3. The molecule has 2 aromatic rings. The van der Waals surface area contributed by atoms with Crippen LogP contribution >= 0.6 is 0 Å². The van der Waals surface area contributed by atoms with Gasteiger partial charge in [-0.15, -0.1) is 0 Å². The molecule has 0 N–H and O–H groups in total. The maximum Gasteiger partial charge on any atom is 0.409 e. The van der Waals surface area contributed by atoms with Crippen molar-refractivity contribution in [1.29, 1.82) is 0 Å². The molecule has 0 bridgehead atoms. The third-order valence-corrected chi connectivity index (χ3v) is 4.65. The van der Waals surface area contributed by atoms with Gasteiger partial charge in [0.05, 0.1) is 19.8 Å². The van der Waals surface area contributed by atoms with Gasteiger partial charge in [0.25, 0.3) is 0 Å². The molecule has 5 heteroatoms. The molecule has 1 aliphatic carbocycles. The summed E-state index contributed by atoms with van der Waals surface area (Å²) in [5.41, 5.74) is 4.88. The molecule has 0 heterocycles. The second-order valence-corrected chi connectivity index (χ2v) is 6.33. The average molecular weight is 355 g/mol. The molecule has 0 spiro atoms. The zero-order valence-corrected chi connectivity index (χ0v) is 15.3. The summed E-state index contributed by atoms with van der Waals surface area (Å²) in [6, 6.07) is 16.6. The lowest BCUT2D eigenvalue weighted by Gasteiger charge is -2.19. The summed E-state index contributed by atoms with van der Waals surface area (Å²) in [6.07, 6.45) is -0.331. The second kappa shape index (κ2) is 8.83. The number of carbonyl (C=O) groups is 1. The average Bonchev–Trinajstić information content (AvgIpc) is 3.00. The van der Waals surface area contributed by atoms with Crippen LogP contribution in [0.3, 0.4) is 0 Å². The Morgan fingerprint density at radius 2 is 1.58 bits per heavy atom. The Kier molecular flexibility index (Phi) is 6.26. The zero-order valence-electron chi connectivity index (χ0n) is 15.3. The van der Waals surface area contributed by atoms with E-state index in [0.29, 0.717) is 33.0 Å². The molecule has 0 radical (unpaired) electrons. The Labute approximate surface area is 154 Å². The van der Waals surface area contributed by atoms with Crippen LogP contribution in [0.4, 0.5) is 4.79 Å². The van der Waals surface area contributed by atoms with E-state index in [1.807, 2.05) is 24.3 Å². The third-order valence-electron chi connectivity index (χ3n) is 4.65. The van der Waals surface area contributed by atoms with Crippen LogP contribution < -0.4 is 0 Å². The predicted molar refractivity (Wildman–Crippen MR) is 100 cm³/mol. The molecule has 2 aromatic carbocycles. The minimum absolute atomic E-state index is 0.0812. The van der Waals surface area contributed by atoms with Gasteiger partial charge in [0.15, 0.2) is 0 Å². The van der Waals surface area contributed by atoms with Crippen molar-refractivity contribution in [2.75, 3.05) is 47.1 Å². The highest BCUT2D eigenvalue weighted by Gasteiger charge is 2.29. The first-order valence-electron chi connectivity index (χ1n) is 8.85. The van der Waals surface area contributed by atoms with Gasteiger partial charge in [0.1, 0.15) is 6.61 Å². The lowest BCUT2D eigenvalue weighted by molar-refractivity contribution is 0.0544. The summed E-state index contributed by atoms with van der Waals surface area (Å²) in [4.78, 5) is 13.8. The number of carbonyl (C=O) groups excluding carboxylic acids is 1. The van der Waals surface area contributed by atoms with Crippen LogP contribution in [0.25, 0.3) is 11.1 Å². The minimum Gasteiger partial charge on any atom is -0.448 e. The summed E-state index contributed by atoms with van der Waals surface area (Å²) in [5, 5.41) is 0. The Balaban J connectivity index is 1.57. The Bertz CT molecular complexity index is 701. The molecule has 3 rings (SSSR count). The van der Waals surface area contributed by atoms with Gasteiger partial charge in [-0.2, -0.15) is 0 Å². The topological polar surface area (TPSA) is 48.0 Å². The van der Waals surface area contributed by atoms with Crippen LogP contribution in [-0.2, 0) is 14.2 Å². The second-order valence-electron chi connectivity index (χ2n) is 6.33. The van der Waals surface area contributed by atoms with Gasteiger partial charge in [-0.25, -0.2) is 4.79 Å². The quantitative estimate of drug-likeness (QED) is 0.680. The molecular weight excluding hydrogens is 330 g/mol. The van der Waals surface area contributed by atoms with Gasteiger partial charge in [-0.3, -0.25) is 0 Å². The summed E-state index contributed by atoms with van der Waals surface area (Å²) >= 11 is 0. The number of likely N-dealkylation sites (N-methyl/N-ethyl adjacent to an activating group) is 1. The first-order chi connectivity index (χ1) is 12.7. The molecule has 0 saturated carbocycles. The summed E-state index contributed by atoms with van der Waals surface area (Å²) in [7, 11) is 3.35. The van der Waals surface area contributed by atoms with Crippen molar-refractivity contribution in [3.63, 3.8) is 0 Å². The fourth-order valence-electron chi connectivity index (χ4n) is 3.24. The van der Waals surface area contributed by atoms with E-state index in [-0.39, 0.29) is 12.0 Å². The standard InChI is InChI=1S/C21H25NO4/c1-22(11-12-25-14-13-24-2)21(23)26-15-20-18-9-5-3-7-16(18)17-8-4-6-10-19(17)20/h3-10,20H,11-15H2,1-2H3. The van der Waals surface area contributed by atoms with E-state index in [1.165, 1.54) is 22.3 Å². The van der Waals surface area contributed by atoms with Gasteiger partial charge < -0.3 is 19.1 Å². The first-order valence-corrected chi connectivity index (χ1v) is 8.85. The number of nitrogens with zero attached hydrogens (tertiary/aromatic N) is 1. The highest BCUT2D eigenvalue weighted by atomic mass is 16.6. The van der Waals surface area contributed by atoms with Gasteiger partial charge in [0.2, 0.25) is 0 Å². The van der Waals surface area contributed by atoms with Crippen molar-refractivity contribution in [1.82, 2.24) is 4.90 Å². The van der Waals surface area contributed by atoms with E-state index >= 15 is 0 Å². The number of benzene rings is 2. The number of amides is 1. The third kappa shape index (κ3) is 4.06. The largest absolute Gasteiger partial charge is 0.448 e. The van der Waals surface area contributed by atoms with Gasteiger partial charge >= 0.3 is 6.09 Å². The van der Waals surface area contributed by atoms with Crippen molar-refractivity contribution in [2.45, 2.75) is 5.92 Å². The summed E-state index contributed by atoms with van der Waals surface area (Å²) in [5.74, 6) is 0.0812. The Morgan fingerprint density at radius 1 is 0.962 bits per heavy atom. The molecule has 0 aliphatic heterocycles. The lowest BCUT2D eigenvalue weighted by atomic mass is 9.98. The van der Waals surface area contributed by atoms with Crippen LogP contribution in [0.2, 0.25) is 0 Å². The van der Waals surface area contributed by atoms with E-state index < -0.39 is 0 Å². The Morgan fingerprint density at radius 3 is 2.19 bits per heavy atom. The van der Waals surface area contributed by atoms with E-state index in [1.54, 1.807) is 19.1 Å². The molecule has 26 heavy (non-hydrogen) atoms. The Hall–Kier alpha value is -2.37. The maximum absolute atomic E-state index is 12.3. The monoisotopic (exact) mass is 355 g/mol. The highest BCUT2D eigenvalue weighted by Crippen LogP contribution is 2.44. The molecule has 0 unspecified atom stereocenters. The van der Waals surface area contributed by atoms with E-state index in [2.05, 4.69) is 24.3 Å². The SMILES string of the molecule is COCCOCCN(C)C(=O)OCC1c2ccccc2-c2ccccc21. The molecule has 5 nitrogen and oxygen atoms in total. The van der Waals surface area contributed by atoms with Crippen LogP contribution in [0.1, 0.15) is 17.0 Å². The smallest absolute Gasteiger partial charge is 0.409 e. The van der Waals surface area contributed by atoms with Gasteiger partial charge in [0, 0.05) is 26.6 Å². The molecule has 0 saturated heterocycles. The van der Waals surface area contributed by atoms with Gasteiger partial charge in [-0.1, -0.05) is 48.5 Å². The molecule has 1 amide bonds. The van der Waals surface area contributed by atoms with Crippen LogP contribution in [0, 0.1) is 0 Å². The van der Waals surface area contributed by atoms with Crippen molar-refractivity contribution in [3.8, 4) is 11.1 Å². The zero-order chi connectivity index (χ0) is 18.4. The molecule has 1 aliphatic rings. The molecule has 0 atom stereocenters. The first kappa shape index (κ1) is 18.4. The number of rotatable bonds is 8. The van der Waals surface area contributed by atoms with Crippen LogP contribution in [0.15, 0.2) is 48.5 Å². The van der Waals surface area contributed by atoms with Gasteiger partial charge in [-0.05, 0) is 22.3 Å². The van der Waals surface area contributed by atoms with Crippen molar-refractivity contribution >= 4 is 6.09 Å². The van der Waals surface area contributed by atoms with Crippen molar-refractivity contribution in [2.24, 2.45) is 0 Å². The van der Waals surface area contributed by atoms with E-state index in [9.17, 15) is 4.79 Å². The fraction of sp³-hybridized carbons (Fsp3) is 0.381. The number of methoxy groups -OCH3 is 1. The van der Waals surface area contributed by atoms with E-state index in [4.69, 9.17) is 14.2 Å². The maximum atomic E-state index is 12.3.